The Balaban J connectivity index is 1.81. The van der Waals surface area contributed by atoms with Crippen LogP contribution >= 0.6 is 27.5 Å². The van der Waals surface area contributed by atoms with Gasteiger partial charge in [-0.05, 0) is 42.8 Å². The molecular weight excluding hydrogens is 462 g/mol. The molecule has 0 bridgehead atoms. The largest absolute Gasteiger partial charge is 0.247 e. The van der Waals surface area contributed by atoms with Crippen molar-refractivity contribution in [1.29, 1.82) is 0 Å². The lowest BCUT2D eigenvalue weighted by molar-refractivity contribution is 0.374. The van der Waals surface area contributed by atoms with E-state index in [1.807, 2.05) is 55.5 Å². The van der Waals surface area contributed by atoms with Crippen molar-refractivity contribution in [2.24, 2.45) is 5.10 Å². The fraction of sp³-hybridized carbons (Fsp3) is 0.200. The lowest BCUT2D eigenvalue weighted by Gasteiger charge is -2.22. The summed E-state index contributed by atoms with van der Waals surface area (Å²) < 4.78 is 26.9. The number of aromatic nitrogens is 1. The third-order valence-corrected chi connectivity index (χ3v) is 6.55. The summed E-state index contributed by atoms with van der Waals surface area (Å²) in [7, 11) is -3.58. The molecule has 1 aliphatic heterocycles. The SMILES string of the molecule is Cc1ccc2nc(Cl)c([C@H]3CC(c4ccc(Br)cc4)=NN3S(C)(=O)=O)cc2c1. The molecule has 2 aromatic carbocycles. The molecule has 8 heteroatoms. The monoisotopic (exact) mass is 477 g/mol. The summed E-state index contributed by atoms with van der Waals surface area (Å²) in [6.45, 7) is 2.00. The Morgan fingerprint density at radius 3 is 2.54 bits per heavy atom. The highest BCUT2D eigenvalue weighted by Crippen LogP contribution is 2.38. The van der Waals surface area contributed by atoms with Crippen LogP contribution in [0.2, 0.25) is 5.15 Å². The highest BCUT2D eigenvalue weighted by atomic mass is 79.9. The number of hydrogen-bond donors (Lipinski definition) is 0. The van der Waals surface area contributed by atoms with Gasteiger partial charge in [-0.3, -0.25) is 0 Å². The van der Waals surface area contributed by atoms with Gasteiger partial charge in [-0.2, -0.15) is 9.52 Å². The summed E-state index contributed by atoms with van der Waals surface area (Å²) in [5.74, 6) is 0. The minimum Gasteiger partial charge on any atom is -0.236 e. The van der Waals surface area contributed by atoms with Gasteiger partial charge >= 0.3 is 0 Å². The Morgan fingerprint density at radius 1 is 1.14 bits per heavy atom. The molecule has 0 unspecified atom stereocenters. The van der Waals surface area contributed by atoms with Gasteiger partial charge in [-0.15, -0.1) is 0 Å². The first kappa shape index (κ1) is 19.4. The maximum absolute atomic E-state index is 12.4. The van der Waals surface area contributed by atoms with Crippen LogP contribution in [0.25, 0.3) is 10.9 Å². The van der Waals surface area contributed by atoms with Crippen molar-refractivity contribution in [2.75, 3.05) is 6.26 Å². The van der Waals surface area contributed by atoms with Crippen molar-refractivity contribution >= 4 is 54.2 Å². The second kappa shape index (κ2) is 7.13. The van der Waals surface area contributed by atoms with Crippen LogP contribution in [0.5, 0.6) is 0 Å². The topological polar surface area (TPSA) is 62.6 Å². The third-order valence-electron chi connectivity index (χ3n) is 4.70. The van der Waals surface area contributed by atoms with Crippen LogP contribution in [0.4, 0.5) is 0 Å². The van der Waals surface area contributed by atoms with Gasteiger partial charge in [-0.25, -0.2) is 13.4 Å². The van der Waals surface area contributed by atoms with Gasteiger partial charge in [0.1, 0.15) is 5.15 Å². The van der Waals surface area contributed by atoms with Crippen LogP contribution in [-0.4, -0.2) is 29.8 Å². The average molecular weight is 479 g/mol. The van der Waals surface area contributed by atoms with Gasteiger partial charge in [-0.1, -0.05) is 51.3 Å². The second-order valence-corrected chi connectivity index (χ2v) is 9.99. The number of rotatable bonds is 3. The maximum atomic E-state index is 12.4. The first-order valence-corrected chi connectivity index (χ1v) is 11.6. The van der Waals surface area contributed by atoms with E-state index in [1.165, 1.54) is 0 Å². The molecule has 0 spiro atoms. The molecule has 0 N–H and O–H groups in total. The van der Waals surface area contributed by atoms with Crippen molar-refractivity contribution in [3.05, 3.63) is 74.8 Å². The zero-order valence-electron chi connectivity index (χ0n) is 15.2. The molecule has 2 heterocycles. The van der Waals surface area contributed by atoms with E-state index in [0.29, 0.717) is 22.8 Å². The first-order valence-electron chi connectivity index (χ1n) is 8.62. The minimum absolute atomic E-state index is 0.294. The molecule has 0 aliphatic carbocycles. The van der Waals surface area contributed by atoms with E-state index in [9.17, 15) is 8.42 Å². The van der Waals surface area contributed by atoms with Gasteiger partial charge in [0.25, 0.3) is 0 Å². The quantitative estimate of drug-likeness (QED) is 0.494. The van der Waals surface area contributed by atoms with Crippen LogP contribution in [-0.2, 0) is 10.0 Å². The summed E-state index contributed by atoms with van der Waals surface area (Å²) in [6, 6.07) is 14.9. The average Bonchev–Trinajstić information content (AvgIpc) is 3.07. The zero-order chi connectivity index (χ0) is 20.1. The van der Waals surface area contributed by atoms with E-state index in [2.05, 4.69) is 26.0 Å². The van der Waals surface area contributed by atoms with Crippen molar-refractivity contribution < 1.29 is 8.42 Å². The lowest BCUT2D eigenvalue weighted by atomic mass is 9.99. The van der Waals surface area contributed by atoms with E-state index in [-0.39, 0.29) is 0 Å². The normalized spacial score (nSPS) is 17.2. The molecule has 3 aromatic rings. The molecule has 0 radical (unpaired) electrons. The molecule has 4 rings (SSSR count). The number of hydrogen-bond acceptors (Lipinski definition) is 4. The van der Waals surface area contributed by atoms with Gasteiger partial charge in [0.15, 0.2) is 0 Å². The molecule has 0 saturated carbocycles. The number of sulfonamides is 1. The Kier molecular flexibility index (Phi) is 4.93. The number of fused-ring (bicyclic) bond motifs is 1. The number of benzene rings is 2. The predicted molar refractivity (Wildman–Crippen MR) is 116 cm³/mol. The molecule has 1 atom stereocenters. The van der Waals surface area contributed by atoms with Crippen LogP contribution in [0, 0.1) is 6.92 Å². The Morgan fingerprint density at radius 2 is 1.86 bits per heavy atom. The molecule has 0 fully saturated rings. The number of pyridine rings is 1. The Labute approximate surface area is 177 Å². The fourth-order valence-corrected chi connectivity index (χ4v) is 4.80. The van der Waals surface area contributed by atoms with E-state index in [0.717, 1.165) is 37.2 Å². The van der Waals surface area contributed by atoms with Crippen molar-refractivity contribution in [1.82, 2.24) is 9.40 Å². The summed E-state index contributed by atoms with van der Waals surface area (Å²) in [6.07, 6.45) is 1.58. The van der Waals surface area contributed by atoms with Gasteiger partial charge in [0.2, 0.25) is 10.0 Å². The summed E-state index contributed by atoms with van der Waals surface area (Å²) >= 11 is 9.88. The molecule has 144 valence electrons. The predicted octanol–water partition coefficient (Wildman–Crippen LogP) is 5.07. The maximum Gasteiger partial charge on any atom is 0.247 e. The zero-order valence-corrected chi connectivity index (χ0v) is 18.4. The number of halogens is 2. The second-order valence-electron chi connectivity index (χ2n) is 6.87. The van der Waals surface area contributed by atoms with Gasteiger partial charge in [0, 0.05) is 21.8 Å². The highest BCUT2D eigenvalue weighted by Gasteiger charge is 2.36. The van der Waals surface area contributed by atoms with Crippen molar-refractivity contribution in [2.45, 2.75) is 19.4 Å². The standard InChI is InChI=1S/C20H17BrClN3O2S/c1-12-3-8-17-14(9-12)10-16(20(22)23-17)19-11-18(24-25(19)28(2,26)27)13-4-6-15(21)7-5-13/h3-10,19H,11H2,1-2H3/t19-/m1/s1. The summed E-state index contributed by atoms with van der Waals surface area (Å²) in [5.41, 5.74) is 4.10. The highest BCUT2D eigenvalue weighted by molar-refractivity contribution is 9.10. The van der Waals surface area contributed by atoms with Gasteiger partial charge < -0.3 is 0 Å². The van der Waals surface area contributed by atoms with Gasteiger partial charge in [0.05, 0.1) is 23.5 Å². The molecule has 5 nitrogen and oxygen atoms in total. The first-order chi connectivity index (χ1) is 13.2. The molecule has 0 amide bonds. The Bertz CT molecular complexity index is 1210. The molecule has 0 saturated heterocycles. The molecule has 1 aliphatic rings. The molecule has 1 aromatic heterocycles. The van der Waals surface area contributed by atoms with Crippen molar-refractivity contribution in [3.63, 3.8) is 0 Å². The number of hydrazone groups is 1. The van der Waals surface area contributed by atoms with E-state index >= 15 is 0 Å². The third kappa shape index (κ3) is 3.66. The lowest BCUT2D eigenvalue weighted by Crippen LogP contribution is -2.26. The van der Waals surface area contributed by atoms with Crippen LogP contribution < -0.4 is 0 Å². The van der Waals surface area contributed by atoms with Crippen LogP contribution in [0.1, 0.15) is 29.2 Å². The van der Waals surface area contributed by atoms with Crippen LogP contribution in [0.15, 0.2) is 58.1 Å². The Hall–Kier alpha value is -1.96. The van der Waals surface area contributed by atoms with E-state index in [4.69, 9.17) is 11.6 Å². The van der Waals surface area contributed by atoms with Crippen LogP contribution in [0.3, 0.4) is 0 Å². The fourth-order valence-electron chi connectivity index (χ4n) is 3.37. The van der Waals surface area contributed by atoms with Crippen molar-refractivity contribution in [3.8, 4) is 0 Å². The van der Waals surface area contributed by atoms with E-state index < -0.39 is 16.1 Å². The smallest absolute Gasteiger partial charge is 0.236 e. The molecular formula is C20H17BrClN3O2S. The minimum atomic E-state index is -3.58. The van der Waals surface area contributed by atoms with E-state index in [1.54, 1.807) is 0 Å². The molecule has 28 heavy (non-hydrogen) atoms. The number of nitrogens with zero attached hydrogens (tertiary/aromatic N) is 3. The summed E-state index contributed by atoms with van der Waals surface area (Å²) in [5, 5.41) is 5.63. The number of aryl methyl sites for hydroxylation is 1. The summed E-state index contributed by atoms with van der Waals surface area (Å²) in [4.78, 5) is 4.47.